The maximum atomic E-state index is 14.5. The van der Waals surface area contributed by atoms with E-state index in [0.29, 0.717) is 28.7 Å². The Kier molecular flexibility index (Phi) is 6.08. The van der Waals surface area contributed by atoms with Crippen LogP contribution in [0.5, 0.6) is 0 Å². The molecule has 10 heteroatoms. The third kappa shape index (κ3) is 4.26. The summed E-state index contributed by atoms with van der Waals surface area (Å²) in [4.78, 5) is 5.59. The molecule has 2 saturated heterocycles. The molecule has 6 rings (SSSR count). The Labute approximate surface area is 210 Å². The van der Waals surface area contributed by atoms with Crippen molar-refractivity contribution in [2.75, 3.05) is 30.1 Å². The van der Waals surface area contributed by atoms with E-state index < -0.39 is 12.5 Å². The van der Waals surface area contributed by atoms with E-state index in [1.165, 1.54) is 11.8 Å². The van der Waals surface area contributed by atoms with Crippen molar-refractivity contribution in [2.24, 2.45) is 0 Å². The van der Waals surface area contributed by atoms with Gasteiger partial charge in [0.15, 0.2) is 5.82 Å². The molecule has 5 unspecified atom stereocenters. The number of aliphatic hydroxyl groups is 1. The SMILES string of the molecule is CSc1ccc(-c2ccc(-c3nc4c(cc3Cl)NC(OC3COC5C(O)COC35)N4)cc2)c(F)c1. The number of pyridine rings is 1. The molecule has 7 nitrogen and oxygen atoms in total. The maximum absolute atomic E-state index is 14.5. The van der Waals surface area contributed by atoms with Crippen LogP contribution in [0.25, 0.3) is 22.4 Å². The van der Waals surface area contributed by atoms with Gasteiger partial charge in [-0.15, -0.1) is 11.8 Å². The van der Waals surface area contributed by atoms with Crippen molar-refractivity contribution < 1.29 is 23.7 Å². The molecular formula is C25H23ClFN3O4S. The summed E-state index contributed by atoms with van der Waals surface area (Å²) in [5, 5.41) is 16.8. The van der Waals surface area contributed by atoms with E-state index in [1.54, 1.807) is 18.2 Å². The van der Waals surface area contributed by atoms with Crippen LogP contribution in [0.15, 0.2) is 53.4 Å². The number of halogens is 2. The molecule has 3 aliphatic heterocycles. The second-order valence-corrected chi connectivity index (χ2v) is 9.93. The number of anilines is 2. The summed E-state index contributed by atoms with van der Waals surface area (Å²) in [6, 6.07) is 14.5. The highest BCUT2D eigenvalue weighted by Crippen LogP contribution is 2.38. The first kappa shape index (κ1) is 23.0. The van der Waals surface area contributed by atoms with Crippen LogP contribution < -0.4 is 10.6 Å². The van der Waals surface area contributed by atoms with Crippen LogP contribution in [0, 0.1) is 5.82 Å². The molecule has 182 valence electrons. The zero-order valence-corrected chi connectivity index (χ0v) is 20.3. The summed E-state index contributed by atoms with van der Waals surface area (Å²) in [6.45, 7) is 0.588. The summed E-state index contributed by atoms with van der Waals surface area (Å²) in [7, 11) is 0. The van der Waals surface area contributed by atoms with Crippen molar-refractivity contribution in [1.29, 1.82) is 0 Å². The Morgan fingerprint density at radius 1 is 1.06 bits per heavy atom. The lowest BCUT2D eigenvalue weighted by Crippen LogP contribution is -2.39. The van der Waals surface area contributed by atoms with E-state index in [4.69, 9.17) is 30.8 Å². The zero-order valence-electron chi connectivity index (χ0n) is 18.7. The van der Waals surface area contributed by atoms with Crippen molar-refractivity contribution in [3.05, 3.63) is 59.4 Å². The number of fused-ring (bicyclic) bond motifs is 2. The molecule has 3 aromatic rings. The van der Waals surface area contributed by atoms with E-state index >= 15 is 0 Å². The van der Waals surface area contributed by atoms with Crippen molar-refractivity contribution in [2.45, 2.75) is 35.7 Å². The Morgan fingerprint density at radius 2 is 1.83 bits per heavy atom. The number of hydrogen-bond acceptors (Lipinski definition) is 8. The van der Waals surface area contributed by atoms with Gasteiger partial charge in [0, 0.05) is 16.0 Å². The third-order valence-corrected chi connectivity index (χ3v) is 7.48. The van der Waals surface area contributed by atoms with E-state index in [0.717, 1.165) is 21.7 Å². The Bertz CT molecular complexity index is 1260. The van der Waals surface area contributed by atoms with E-state index in [9.17, 15) is 9.50 Å². The van der Waals surface area contributed by atoms with Crippen molar-refractivity contribution in [1.82, 2.24) is 4.98 Å². The summed E-state index contributed by atoms with van der Waals surface area (Å²) >= 11 is 8.07. The fraction of sp³-hybridized carbons (Fsp3) is 0.320. The number of ether oxygens (including phenoxy) is 3. The molecule has 0 radical (unpaired) electrons. The number of aliphatic hydroxyl groups excluding tert-OH is 1. The highest BCUT2D eigenvalue weighted by Gasteiger charge is 2.48. The van der Waals surface area contributed by atoms with Gasteiger partial charge in [0.25, 0.3) is 0 Å². The zero-order chi connectivity index (χ0) is 24.1. The highest BCUT2D eigenvalue weighted by atomic mass is 35.5. The number of thioether (sulfide) groups is 1. The van der Waals surface area contributed by atoms with Gasteiger partial charge in [-0.2, -0.15) is 0 Å². The Balaban J connectivity index is 1.18. The number of rotatable bonds is 5. The van der Waals surface area contributed by atoms with Crippen LogP contribution in [0.4, 0.5) is 15.9 Å². The van der Waals surface area contributed by atoms with Crippen molar-refractivity contribution in [3.8, 4) is 22.4 Å². The number of hydrogen-bond donors (Lipinski definition) is 3. The normalized spacial score (nSPS) is 26.8. The molecule has 3 N–H and O–H groups in total. The lowest BCUT2D eigenvalue weighted by atomic mass is 10.0. The first-order valence-corrected chi connectivity index (χ1v) is 12.8. The van der Waals surface area contributed by atoms with Gasteiger partial charge >= 0.3 is 0 Å². The van der Waals surface area contributed by atoms with E-state index in [-0.39, 0.29) is 30.7 Å². The molecule has 0 aliphatic carbocycles. The van der Waals surface area contributed by atoms with Gasteiger partial charge in [0.2, 0.25) is 6.35 Å². The number of nitrogens with zero attached hydrogens (tertiary/aromatic N) is 1. The van der Waals surface area contributed by atoms with Crippen LogP contribution in [0.2, 0.25) is 5.02 Å². The van der Waals surface area contributed by atoms with Crippen LogP contribution in [-0.4, -0.2) is 60.3 Å². The largest absolute Gasteiger partial charge is 0.388 e. The smallest absolute Gasteiger partial charge is 0.207 e. The average molecular weight is 516 g/mol. The monoisotopic (exact) mass is 515 g/mol. The van der Waals surface area contributed by atoms with Gasteiger partial charge in [0.05, 0.1) is 29.6 Å². The van der Waals surface area contributed by atoms with E-state index in [2.05, 4.69) is 10.6 Å². The molecule has 0 amide bonds. The summed E-state index contributed by atoms with van der Waals surface area (Å²) in [5.74, 6) is 0.358. The lowest BCUT2D eigenvalue weighted by Gasteiger charge is -2.21. The molecule has 0 spiro atoms. The molecule has 0 bridgehead atoms. The molecule has 2 aromatic carbocycles. The van der Waals surface area contributed by atoms with Crippen molar-refractivity contribution >= 4 is 34.9 Å². The second-order valence-electron chi connectivity index (χ2n) is 8.64. The summed E-state index contributed by atoms with van der Waals surface area (Å²) in [5.41, 5.74) is 3.47. The van der Waals surface area contributed by atoms with Gasteiger partial charge in [-0.25, -0.2) is 9.37 Å². The molecule has 2 fully saturated rings. The maximum Gasteiger partial charge on any atom is 0.207 e. The number of benzene rings is 2. The van der Waals surface area contributed by atoms with Crippen LogP contribution in [0.1, 0.15) is 0 Å². The first-order valence-electron chi connectivity index (χ1n) is 11.2. The molecule has 5 atom stereocenters. The fourth-order valence-electron chi connectivity index (χ4n) is 4.68. The van der Waals surface area contributed by atoms with Gasteiger partial charge in [-0.3, -0.25) is 0 Å². The Morgan fingerprint density at radius 3 is 2.60 bits per heavy atom. The number of nitrogens with one attached hydrogen (secondary N) is 2. The minimum Gasteiger partial charge on any atom is -0.388 e. The highest BCUT2D eigenvalue weighted by molar-refractivity contribution is 7.98. The topological polar surface area (TPSA) is 84.9 Å². The first-order chi connectivity index (χ1) is 17.0. The standard InChI is InChI=1S/C25H23ClFN3O4S/c1-35-14-6-7-15(17(27)8-14)12-2-4-13(5-3-12)21-16(26)9-18-24(29-21)30-25(28-18)34-20-11-33-22-19(31)10-32-23(20)22/h2-9,19-20,22-23,25,28,31H,10-11H2,1H3,(H,29,30). The predicted octanol–water partition coefficient (Wildman–Crippen LogP) is 4.59. The Hall–Kier alpha value is -2.40. The third-order valence-electron chi connectivity index (χ3n) is 6.47. The van der Waals surface area contributed by atoms with Crippen LogP contribution in [0.3, 0.4) is 0 Å². The molecule has 3 aliphatic rings. The molecular weight excluding hydrogens is 493 g/mol. The van der Waals surface area contributed by atoms with Crippen molar-refractivity contribution in [3.63, 3.8) is 0 Å². The minimum atomic E-state index is -0.629. The van der Waals surface area contributed by atoms with Crippen LogP contribution in [-0.2, 0) is 14.2 Å². The molecule has 1 aromatic heterocycles. The molecule has 0 saturated carbocycles. The van der Waals surface area contributed by atoms with Crippen LogP contribution >= 0.6 is 23.4 Å². The predicted molar refractivity (Wildman–Crippen MR) is 133 cm³/mol. The van der Waals surface area contributed by atoms with E-state index in [1.807, 2.05) is 36.6 Å². The van der Waals surface area contributed by atoms with Gasteiger partial charge in [-0.05, 0) is 30.0 Å². The summed E-state index contributed by atoms with van der Waals surface area (Å²) in [6.07, 6.45) is -0.219. The minimum absolute atomic E-state index is 0.246. The number of aromatic nitrogens is 1. The average Bonchev–Trinajstić information content (AvgIpc) is 3.55. The summed E-state index contributed by atoms with van der Waals surface area (Å²) < 4.78 is 31.9. The second kappa shape index (κ2) is 9.24. The van der Waals surface area contributed by atoms with Gasteiger partial charge in [0.1, 0.15) is 30.2 Å². The quantitative estimate of drug-likeness (QED) is 0.425. The molecule has 35 heavy (non-hydrogen) atoms. The van der Waals surface area contributed by atoms with Gasteiger partial charge < -0.3 is 30.0 Å². The fourth-order valence-corrected chi connectivity index (χ4v) is 5.37. The lowest BCUT2D eigenvalue weighted by molar-refractivity contribution is -0.0543. The molecule has 4 heterocycles. The van der Waals surface area contributed by atoms with Gasteiger partial charge in [-0.1, -0.05) is 41.9 Å².